The highest BCUT2D eigenvalue weighted by Gasteiger charge is 2.20. The van der Waals surface area contributed by atoms with Gasteiger partial charge >= 0.3 is 0 Å². The van der Waals surface area contributed by atoms with Gasteiger partial charge in [-0.15, -0.1) is 0 Å². The standard InChI is InChI=1S/C34H24N4/c1-23-4-16-29(17-5-23)37-31(26-10-8-25(22-35)9-11-26)20-33-34(37)21-32(27-12-14-28(36-3)15-13-27)38(33)30-18-6-24(2)7-19-30/h4-21H,1-2H3. The first kappa shape index (κ1) is 23.1. The van der Waals surface area contributed by atoms with Gasteiger partial charge in [-0.1, -0.05) is 71.8 Å². The molecule has 4 nitrogen and oxygen atoms in total. The lowest BCUT2D eigenvalue weighted by Gasteiger charge is -2.12. The highest BCUT2D eigenvalue weighted by molar-refractivity contribution is 5.93. The van der Waals surface area contributed by atoms with Crippen molar-refractivity contribution in [2.24, 2.45) is 0 Å². The maximum Gasteiger partial charge on any atom is 0.187 e. The third-order valence-corrected chi connectivity index (χ3v) is 6.96. The Balaban J connectivity index is 1.68. The van der Waals surface area contributed by atoms with Crippen molar-refractivity contribution < 1.29 is 0 Å². The average molecular weight is 489 g/mol. The summed E-state index contributed by atoms with van der Waals surface area (Å²) in [4.78, 5) is 3.57. The van der Waals surface area contributed by atoms with Gasteiger partial charge in [0.15, 0.2) is 5.69 Å². The van der Waals surface area contributed by atoms with E-state index in [4.69, 9.17) is 6.57 Å². The van der Waals surface area contributed by atoms with Crippen LogP contribution < -0.4 is 0 Å². The van der Waals surface area contributed by atoms with Gasteiger partial charge in [0.05, 0.1) is 40.6 Å². The zero-order chi connectivity index (χ0) is 26.2. The molecule has 0 amide bonds. The minimum absolute atomic E-state index is 0.624. The first-order valence-corrected chi connectivity index (χ1v) is 12.5. The molecule has 0 unspecified atom stereocenters. The molecule has 0 aliphatic carbocycles. The number of hydrogen-bond donors (Lipinski definition) is 0. The lowest BCUT2D eigenvalue weighted by molar-refractivity contribution is 1.13. The molecule has 0 fully saturated rings. The van der Waals surface area contributed by atoms with Gasteiger partial charge in [0.25, 0.3) is 0 Å². The Bertz CT molecular complexity index is 1710. The molecule has 2 aromatic heterocycles. The monoisotopic (exact) mass is 488 g/mol. The molecule has 0 spiro atoms. The first-order chi connectivity index (χ1) is 18.6. The molecule has 0 aliphatic rings. The van der Waals surface area contributed by atoms with Crippen molar-refractivity contribution in [3.63, 3.8) is 0 Å². The van der Waals surface area contributed by atoms with E-state index in [0.717, 1.165) is 44.9 Å². The van der Waals surface area contributed by atoms with Gasteiger partial charge in [0, 0.05) is 11.4 Å². The van der Waals surface area contributed by atoms with Gasteiger partial charge in [-0.3, -0.25) is 0 Å². The van der Waals surface area contributed by atoms with Crippen molar-refractivity contribution in [3.05, 3.63) is 137 Å². The summed E-state index contributed by atoms with van der Waals surface area (Å²) in [5.41, 5.74) is 12.2. The Morgan fingerprint density at radius 1 is 0.605 bits per heavy atom. The summed E-state index contributed by atoms with van der Waals surface area (Å²) in [7, 11) is 0. The quantitative estimate of drug-likeness (QED) is 0.229. The van der Waals surface area contributed by atoms with Gasteiger partial charge in [-0.05, 0) is 73.5 Å². The van der Waals surface area contributed by atoms with Crippen LogP contribution in [0.4, 0.5) is 5.69 Å². The van der Waals surface area contributed by atoms with Crippen molar-refractivity contribution in [2.45, 2.75) is 13.8 Å². The third-order valence-electron chi connectivity index (χ3n) is 6.96. The second kappa shape index (κ2) is 9.28. The Kier molecular flexibility index (Phi) is 5.64. The molecule has 0 aliphatic heterocycles. The number of nitrogens with zero attached hydrogens (tertiary/aromatic N) is 4. The molecular weight excluding hydrogens is 464 g/mol. The van der Waals surface area contributed by atoms with E-state index in [-0.39, 0.29) is 0 Å². The molecule has 6 aromatic rings. The smallest absolute Gasteiger partial charge is 0.187 e. The summed E-state index contributed by atoms with van der Waals surface area (Å²) in [5.74, 6) is 0. The van der Waals surface area contributed by atoms with Gasteiger partial charge in [0.1, 0.15) is 0 Å². The first-order valence-electron chi connectivity index (χ1n) is 12.5. The molecule has 0 bridgehead atoms. The number of rotatable bonds is 4. The Morgan fingerprint density at radius 3 is 1.42 bits per heavy atom. The molecular formula is C34H24N4. The van der Waals surface area contributed by atoms with Crippen LogP contribution in [0.1, 0.15) is 16.7 Å². The second-order valence-corrected chi connectivity index (χ2v) is 9.52. The number of nitriles is 1. The second-order valence-electron chi connectivity index (χ2n) is 9.52. The Morgan fingerprint density at radius 2 is 1.03 bits per heavy atom. The van der Waals surface area contributed by atoms with Crippen LogP contribution in [0.2, 0.25) is 0 Å². The van der Waals surface area contributed by atoms with E-state index in [9.17, 15) is 5.26 Å². The van der Waals surface area contributed by atoms with Crippen LogP contribution in [-0.2, 0) is 0 Å². The van der Waals surface area contributed by atoms with Crippen LogP contribution in [0.5, 0.6) is 0 Å². The molecule has 180 valence electrons. The summed E-state index contributed by atoms with van der Waals surface area (Å²) in [6.07, 6.45) is 0. The third kappa shape index (κ3) is 3.95. The van der Waals surface area contributed by atoms with Crippen molar-refractivity contribution >= 4 is 16.7 Å². The normalized spacial score (nSPS) is 10.8. The van der Waals surface area contributed by atoms with Gasteiger partial charge in [0.2, 0.25) is 0 Å². The topological polar surface area (TPSA) is 38.0 Å². The van der Waals surface area contributed by atoms with E-state index < -0.39 is 0 Å². The van der Waals surface area contributed by atoms with E-state index >= 15 is 0 Å². The lowest BCUT2D eigenvalue weighted by Crippen LogP contribution is -1.97. The molecule has 0 saturated carbocycles. The number of aryl methyl sites for hydroxylation is 2. The van der Waals surface area contributed by atoms with Crippen LogP contribution in [0.15, 0.2) is 109 Å². The van der Waals surface area contributed by atoms with Gasteiger partial charge in [-0.25, -0.2) is 4.85 Å². The fourth-order valence-corrected chi connectivity index (χ4v) is 4.94. The molecule has 38 heavy (non-hydrogen) atoms. The van der Waals surface area contributed by atoms with E-state index in [1.54, 1.807) is 0 Å². The molecule has 4 aromatic carbocycles. The minimum atomic E-state index is 0.624. The summed E-state index contributed by atoms with van der Waals surface area (Å²) < 4.78 is 4.58. The van der Waals surface area contributed by atoms with Gasteiger partial charge < -0.3 is 9.13 Å². The molecule has 2 heterocycles. The van der Waals surface area contributed by atoms with E-state index in [1.807, 2.05) is 48.5 Å². The number of aromatic nitrogens is 2. The largest absolute Gasteiger partial charge is 0.308 e. The zero-order valence-electron chi connectivity index (χ0n) is 21.2. The van der Waals surface area contributed by atoms with Crippen molar-refractivity contribution in [2.75, 3.05) is 0 Å². The van der Waals surface area contributed by atoms with Crippen LogP contribution >= 0.6 is 0 Å². The summed E-state index contributed by atoms with van der Waals surface area (Å²) in [6.45, 7) is 11.5. The highest BCUT2D eigenvalue weighted by atomic mass is 15.1. The minimum Gasteiger partial charge on any atom is -0.308 e. The van der Waals surface area contributed by atoms with Crippen molar-refractivity contribution in [1.29, 1.82) is 5.26 Å². The van der Waals surface area contributed by atoms with Crippen LogP contribution in [0.25, 0.3) is 49.8 Å². The molecule has 0 atom stereocenters. The average Bonchev–Trinajstić information content (AvgIpc) is 3.51. The summed E-state index contributed by atoms with van der Waals surface area (Å²) >= 11 is 0. The maximum absolute atomic E-state index is 9.32. The van der Waals surface area contributed by atoms with Crippen LogP contribution in [0.3, 0.4) is 0 Å². The number of benzene rings is 4. The fourth-order valence-electron chi connectivity index (χ4n) is 4.94. The maximum atomic E-state index is 9.32. The molecule has 0 radical (unpaired) electrons. The summed E-state index contributed by atoms with van der Waals surface area (Å²) in [6, 6.07) is 39.3. The van der Waals surface area contributed by atoms with Crippen molar-refractivity contribution in [3.8, 4) is 40.0 Å². The number of hydrogen-bond acceptors (Lipinski definition) is 1. The van der Waals surface area contributed by atoms with E-state index in [2.05, 4.69) is 94.6 Å². The van der Waals surface area contributed by atoms with Crippen molar-refractivity contribution in [1.82, 2.24) is 9.13 Å². The Labute approximate surface area is 222 Å². The lowest BCUT2D eigenvalue weighted by atomic mass is 10.1. The zero-order valence-corrected chi connectivity index (χ0v) is 21.2. The highest BCUT2D eigenvalue weighted by Crippen LogP contribution is 2.39. The predicted molar refractivity (Wildman–Crippen MR) is 154 cm³/mol. The van der Waals surface area contributed by atoms with E-state index in [1.165, 1.54) is 11.1 Å². The predicted octanol–water partition coefficient (Wildman–Crippen LogP) is 8.79. The SMILES string of the molecule is [C-]#[N+]c1ccc(-c2cc3c(cc(-c4ccc(C#N)cc4)n3-c3ccc(C)cc3)n2-c2ccc(C)cc2)cc1. The number of fused-ring (bicyclic) bond motifs is 1. The summed E-state index contributed by atoms with van der Waals surface area (Å²) in [5, 5.41) is 9.32. The van der Waals surface area contributed by atoms with Gasteiger partial charge in [-0.2, -0.15) is 5.26 Å². The fraction of sp³-hybridized carbons (Fsp3) is 0.0588. The van der Waals surface area contributed by atoms with Crippen LogP contribution in [0, 0.1) is 31.8 Å². The van der Waals surface area contributed by atoms with E-state index in [0.29, 0.717) is 11.3 Å². The molecule has 4 heteroatoms. The van der Waals surface area contributed by atoms with Crippen LogP contribution in [-0.4, -0.2) is 9.13 Å². The Hall–Kier alpha value is -5.32. The molecule has 6 rings (SSSR count). The molecule has 0 N–H and O–H groups in total. The molecule has 0 saturated heterocycles.